The van der Waals surface area contributed by atoms with Gasteiger partial charge in [-0.3, -0.25) is 4.79 Å². The molecule has 3 rings (SSSR count). The van der Waals surface area contributed by atoms with E-state index in [9.17, 15) is 13.2 Å². The number of carbonyl (C=O) groups is 1. The maximum atomic E-state index is 12.9. The van der Waals surface area contributed by atoms with Crippen molar-refractivity contribution in [2.24, 2.45) is 11.1 Å². The van der Waals surface area contributed by atoms with Crippen LogP contribution in [0.4, 0.5) is 5.69 Å². The minimum absolute atomic E-state index is 0.116. The SMILES string of the molecule is Cc1ccc2c(c1)N(C(=O)C1CCN(S(N)(=O)=O)CC1)CCC2. The smallest absolute Gasteiger partial charge is 0.276 e. The standard InChI is InChI=1S/C16H23N3O3S/c1-12-4-5-13-3-2-8-19(15(13)11-12)16(20)14-6-9-18(10-7-14)23(17,21)22/h4-5,11,14H,2-3,6-10H2,1H3,(H2,17,21,22). The fourth-order valence-electron chi connectivity index (χ4n) is 3.49. The molecule has 0 aromatic heterocycles. The molecule has 0 bridgehead atoms. The summed E-state index contributed by atoms with van der Waals surface area (Å²) in [6, 6.07) is 6.26. The topological polar surface area (TPSA) is 83.7 Å². The number of aryl methyl sites for hydroxylation is 2. The summed E-state index contributed by atoms with van der Waals surface area (Å²) in [4.78, 5) is 14.8. The van der Waals surface area contributed by atoms with Crippen molar-refractivity contribution in [2.75, 3.05) is 24.5 Å². The van der Waals surface area contributed by atoms with Gasteiger partial charge in [-0.25, -0.2) is 5.14 Å². The molecular weight excluding hydrogens is 314 g/mol. The maximum Gasteiger partial charge on any atom is 0.276 e. The van der Waals surface area contributed by atoms with Crippen LogP contribution in [-0.2, 0) is 21.4 Å². The van der Waals surface area contributed by atoms with Gasteiger partial charge in [0.15, 0.2) is 0 Å². The average Bonchev–Trinajstić information content (AvgIpc) is 2.53. The van der Waals surface area contributed by atoms with E-state index in [0.717, 1.165) is 30.6 Å². The molecule has 2 heterocycles. The summed E-state index contributed by atoms with van der Waals surface area (Å²) in [5, 5.41) is 5.16. The maximum absolute atomic E-state index is 12.9. The van der Waals surface area contributed by atoms with Gasteiger partial charge < -0.3 is 4.90 Å². The molecule has 2 N–H and O–H groups in total. The lowest BCUT2D eigenvalue weighted by Gasteiger charge is -2.35. The largest absolute Gasteiger partial charge is 0.312 e. The Morgan fingerprint density at radius 2 is 1.91 bits per heavy atom. The van der Waals surface area contributed by atoms with Gasteiger partial charge in [0.25, 0.3) is 10.2 Å². The Morgan fingerprint density at radius 1 is 1.22 bits per heavy atom. The third kappa shape index (κ3) is 3.41. The number of anilines is 1. The van der Waals surface area contributed by atoms with Crippen molar-refractivity contribution in [3.05, 3.63) is 29.3 Å². The zero-order valence-corrected chi connectivity index (χ0v) is 14.2. The van der Waals surface area contributed by atoms with E-state index in [1.165, 1.54) is 9.87 Å². The molecule has 1 aromatic rings. The van der Waals surface area contributed by atoms with Crippen LogP contribution in [-0.4, -0.2) is 38.3 Å². The van der Waals surface area contributed by atoms with Crippen molar-refractivity contribution in [3.8, 4) is 0 Å². The second-order valence-electron chi connectivity index (χ2n) is 6.44. The van der Waals surface area contributed by atoms with Crippen LogP contribution in [0.3, 0.4) is 0 Å². The molecule has 1 aromatic carbocycles. The van der Waals surface area contributed by atoms with Crippen LogP contribution in [0.5, 0.6) is 0 Å². The number of hydrogen-bond acceptors (Lipinski definition) is 3. The van der Waals surface area contributed by atoms with Gasteiger partial charge in [-0.15, -0.1) is 0 Å². The molecule has 23 heavy (non-hydrogen) atoms. The molecule has 0 saturated carbocycles. The monoisotopic (exact) mass is 337 g/mol. The van der Waals surface area contributed by atoms with E-state index >= 15 is 0 Å². The third-order valence-corrected chi connectivity index (χ3v) is 5.87. The van der Waals surface area contributed by atoms with Crippen LogP contribution in [0.15, 0.2) is 18.2 Å². The normalized spacial score (nSPS) is 20.3. The lowest BCUT2D eigenvalue weighted by Crippen LogP contribution is -2.47. The lowest BCUT2D eigenvalue weighted by atomic mass is 9.93. The number of hydrogen-bond donors (Lipinski definition) is 1. The fraction of sp³-hybridized carbons (Fsp3) is 0.562. The van der Waals surface area contributed by atoms with Crippen LogP contribution in [0.1, 0.15) is 30.4 Å². The van der Waals surface area contributed by atoms with E-state index in [-0.39, 0.29) is 11.8 Å². The van der Waals surface area contributed by atoms with Crippen molar-refractivity contribution < 1.29 is 13.2 Å². The second kappa shape index (κ2) is 6.22. The summed E-state index contributed by atoms with van der Waals surface area (Å²) in [7, 11) is -3.65. The summed E-state index contributed by atoms with van der Waals surface area (Å²) < 4.78 is 24.0. The van der Waals surface area contributed by atoms with Crippen LogP contribution in [0.25, 0.3) is 0 Å². The molecular formula is C16H23N3O3S. The summed E-state index contributed by atoms with van der Waals surface area (Å²) in [5.74, 6) is -0.00918. The van der Waals surface area contributed by atoms with E-state index in [1.54, 1.807) is 0 Å². The molecule has 1 amide bonds. The van der Waals surface area contributed by atoms with Crippen LogP contribution >= 0.6 is 0 Å². The quantitative estimate of drug-likeness (QED) is 0.880. The molecule has 0 radical (unpaired) electrons. The number of fused-ring (bicyclic) bond motifs is 1. The predicted molar refractivity (Wildman–Crippen MR) is 89.3 cm³/mol. The van der Waals surface area contributed by atoms with E-state index in [2.05, 4.69) is 18.2 Å². The van der Waals surface area contributed by atoms with Crippen LogP contribution < -0.4 is 10.0 Å². The molecule has 6 nitrogen and oxygen atoms in total. The minimum Gasteiger partial charge on any atom is -0.312 e. The molecule has 0 atom stereocenters. The highest BCUT2D eigenvalue weighted by Gasteiger charge is 2.33. The molecule has 126 valence electrons. The Hall–Kier alpha value is -1.44. The second-order valence-corrected chi connectivity index (χ2v) is 7.99. The van der Waals surface area contributed by atoms with E-state index in [4.69, 9.17) is 5.14 Å². The molecule has 2 aliphatic rings. The summed E-state index contributed by atoms with van der Waals surface area (Å²) >= 11 is 0. The summed E-state index contributed by atoms with van der Waals surface area (Å²) in [6.07, 6.45) is 3.04. The van der Waals surface area contributed by atoms with Gasteiger partial charge in [-0.2, -0.15) is 12.7 Å². The molecule has 0 aliphatic carbocycles. The number of nitrogens with two attached hydrogens (primary N) is 1. The van der Waals surface area contributed by atoms with Crippen molar-refractivity contribution in [3.63, 3.8) is 0 Å². The third-order valence-electron chi connectivity index (χ3n) is 4.79. The van der Waals surface area contributed by atoms with E-state index in [1.807, 2.05) is 11.8 Å². The molecule has 1 fully saturated rings. The lowest BCUT2D eigenvalue weighted by molar-refractivity contribution is -0.123. The first-order valence-electron chi connectivity index (χ1n) is 8.05. The molecule has 0 unspecified atom stereocenters. The van der Waals surface area contributed by atoms with E-state index < -0.39 is 10.2 Å². The van der Waals surface area contributed by atoms with Crippen molar-refractivity contribution in [1.82, 2.24) is 4.31 Å². The highest BCUT2D eigenvalue weighted by atomic mass is 32.2. The van der Waals surface area contributed by atoms with Crippen molar-refractivity contribution >= 4 is 21.8 Å². The Morgan fingerprint density at radius 3 is 2.57 bits per heavy atom. The van der Waals surface area contributed by atoms with Gasteiger partial charge in [-0.1, -0.05) is 12.1 Å². The number of benzene rings is 1. The van der Waals surface area contributed by atoms with Gasteiger partial charge >= 0.3 is 0 Å². The van der Waals surface area contributed by atoms with E-state index in [0.29, 0.717) is 25.9 Å². The highest BCUT2D eigenvalue weighted by Crippen LogP contribution is 2.31. The number of piperidine rings is 1. The van der Waals surface area contributed by atoms with Gasteiger partial charge in [0.1, 0.15) is 0 Å². The number of nitrogens with zero attached hydrogens (tertiary/aromatic N) is 2. The predicted octanol–water partition coefficient (Wildman–Crippen LogP) is 1.19. The molecule has 2 aliphatic heterocycles. The molecule has 1 saturated heterocycles. The highest BCUT2D eigenvalue weighted by molar-refractivity contribution is 7.86. The first-order chi connectivity index (χ1) is 10.9. The number of carbonyl (C=O) groups excluding carboxylic acids is 1. The summed E-state index contributed by atoms with van der Waals surface area (Å²) in [6.45, 7) is 3.42. The Kier molecular flexibility index (Phi) is 4.44. The number of amides is 1. The Labute approximate surface area is 137 Å². The minimum atomic E-state index is -3.65. The van der Waals surface area contributed by atoms with Gasteiger partial charge in [0, 0.05) is 31.2 Å². The molecule has 7 heteroatoms. The Bertz CT molecular complexity index is 709. The van der Waals surface area contributed by atoms with Crippen molar-refractivity contribution in [1.29, 1.82) is 0 Å². The first kappa shape index (κ1) is 16.4. The fourth-order valence-corrected chi connectivity index (χ4v) is 4.21. The van der Waals surface area contributed by atoms with Gasteiger partial charge in [0.05, 0.1) is 0 Å². The molecule has 0 spiro atoms. The average molecular weight is 337 g/mol. The van der Waals surface area contributed by atoms with Crippen LogP contribution in [0, 0.1) is 12.8 Å². The van der Waals surface area contributed by atoms with Crippen molar-refractivity contribution in [2.45, 2.75) is 32.6 Å². The van der Waals surface area contributed by atoms with Gasteiger partial charge in [0.2, 0.25) is 5.91 Å². The number of rotatable bonds is 2. The summed E-state index contributed by atoms with van der Waals surface area (Å²) in [5.41, 5.74) is 3.39. The zero-order chi connectivity index (χ0) is 16.6. The first-order valence-corrected chi connectivity index (χ1v) is 9.55. The van der Waals surface area contributed by atoms with Gasteiger partial charge in [-0.05, 0) is 49.8 Å². The Balaban J connectivity index is 1.74. The van der Waals surface area contributed by atoms with Crippen LogP contribution in [0.2, 0.25) is 0 Å². The zero-order valence-electron chi connectivity index (χ0n) is 13.4.